The van der Waals surface area contributed by atoms with Gasteiger partial charge in [-0.05, 0) is 0 Å². The molecule has 1 saturated heterocycles. The van der Waals surface area contributed by atoms with Crippen LogP contribution in [0.5, 0.6) is 0 Å². The molecule has 1 aromatic carbocycles. The second kappa shape index (κ2) is 4.24. The van der Waals surface area contributed by atoms with Gasteiger partial charge in [-0.3, -0.25) is 0 Å². The van der Waals surface area contributed by atoms with Gasteiger partial charge in [0, 0.05) is 18.7 Å². The molecule has 0 spiro atoms. The lowest BCUT2D eigenvalue weighted by molar-refractivity contribution is -0.114. The van der Waals surface area contributed by atoms with Gasteiger partial charge in [0.1, 0.15) is 6.61 Å². The lowest BCUT2D eigenvalue weighted by Gasteiger charge is -2.29. The van der Waals surface area contributed by atoms with Gasteiger partial charge in [-0.2, -0.15) is 8.78 Å². The van der Waals surface area contributed by atoms with Crippen LogP contribution in [0.2, 0.25) is 0 Å². The van der Waals surface area contributed by atoms with Crippen LogP contribution in [0, 0.1) is 0 Å². The molecule has 1 aromatic rings. The molecule has 4 heteroatoms. The highest BCUT2D eigenvalue weighted by atomic mass is 19.3. The number of rotatable bonds is 4. The van der Waals surface area contributed by atoms with Crippen molar-refractivity contribution in [2.45, 2.75) is 12.0 Å². The molecule has 0 atom stereocenters. The molecular formula is C11H13F2NO. The summed E-state index contributed by atoms with van der Waals surface area (Å²) in [5.74, 6) is -2.89. The molecule has 1 heterocycles. The summed E-state index contributed by atoms with van der Waals surface area (Å²) in [6, 6.07) is 7.77. The average Bonchev–Trinajstić information content (AvgIpc) is 2.16. The quantitative estimate of drug-likeness (QED) is 0.823. The van der Waals surface area contributed by atoms with Gasteiger partial charge in [0.2, 0.25) is 0 Å². The molecule has 1 N–H and O–H groups in total. The van der Waals surface area contributed by atoms with Crippen molar-refractivity contribution in [3.8, 4) is 0 Å². The SMILES string of the molecule is FC(F)(COC1CNC1)c1ccccc1. The molecular weight excluding hydrogens is 200 g/mol. The molecule has 82 valence electrons. The van der Waals surface area contributed by atoms with E-state index in [9.17, 15) is 8.78 Å². The Morgan fingerprint density at radius 3 is 2.47 bits per heavy atom. The third-order valence-corrected chi connectivity index (χ3v) is 2.44. The summed E-state index contributed by atoms with van der Waals surface area (Å²) < 4.78 is 32.1. The zero-order chi connectivity index (χ0) is 10.7. The van der Waals surface area contributed by atoms with Gasteiger partial charge in [0.25, 0.3) is 5.92 Å². The van der Waals surface area contributed by atoms with Gasteiger partial charge < -0.3 is 10.1 Å². The predicted molar refractivity (Wildman–Crippen MR) is 52.9 cm³/mol. The van der Waals surface area contributed by atoms with Crippen molar-refractivity contribution < 1.29 is 13.5 Å². The molecule has 0 bridgehead atoms. The van der Waals surface area contributed by atoms with Crippen molar-refractivity contribution >= 4 is 0 Å². The van der Waals surface area contributed by atoms with Crippen molar-refractivity contribution in [2.75, 3.05) is 19.7 Å². The van der Waals surface area contributed by atoms with Crippen molar-refractivity contribution in [1.82, 2.24) is 5.32 Å². The van der Waals surface area contributed by atoms with Crippen LogP contribution >= 0.6 is 0 Å². The van der Waals surface area contributed by atoms with E-state index < -0.39 is 12.5 Å². The zero-order valence-corrected chi connectivity index (χ0v) is 8.25. The van der Waals surface area contributed by atoms with Gasteiger partial charge in [-0.25, -0.2) is 0 Å². The molecule has 2 rings (SSSR count). The minimum atomic E-state index is -2.89. The Balaban J connectivity index is 1.93. The number of ether oxygens (including phenoxy) is 1. The third kappa shape index (κ3) is 2.52. The van der Waals surface area contributed by atoms with E-state index in [4.69, 9.17) is 4.74 Å². The number of nitrogens with one attached hydrogen (secondary N) is 1. The number of hydrogen-bond acceptors (Lipinski definition) is 2. The second-order valence-corrected chi connectivity index (χ2v) is 3.66. The van der Waals surface area contributed by atoms with Crippen molar-refractivity contribution in [1.29, 1.82) is 0 Å². The van der Waals surface area contributed by atoms with Gasteiger partial charge in [-0.1, -0.05) is 30.3 Å². The summed E-state index contributed by atoms with van der Waals surface area (Å²) in [4.78, 5) is 0. The topological polar surface area (TPSA) is 21.3 Å². The summed E-state index contributed by atoms with van der Waals surface area (Å²) in [5.41, 5.74) is 0.0114. The Kier molecular flexibility index (Phi) is 2.98. The molecule has 0 saturated carbocycles. The fourth-order valence-corrected chi connectivity index (χ4v) is 1.37. The van der Waals surface area contributed by atoms with Crippen LogP contribution in [0.4, 0.5) is 8.78 Å². The largest absolute Gasteiger partial charge is 0.369 e. The Labute approximate surface area is 87.2 Å². The summed E-state index contributed by atoms with van der Waals surface area (Å²) >= 11 is 0. The van der Waals surface area contributed by atoms with E-state index in [1.807, 2.05) is 0 Å². The average molecular weight is 213 g/mol. The molecule has 0 aromatic heterocycles. The maximum atomic E-state index is 13.5. The van der Waals surface area contributed by atoms with Crippen molar-refractivity contribution in [3.05, 3.63) is 35.9 Å². The predicted octanol–water partition coefficient (Wildman–Crippen LogP) is 1.77. The zero-order valence-electron chi connectivity index (χ0n) is 8.25. The van der Waals surface area contributed by atoms with Crippen LogP contribution in [0.25, 0.3) is 0 Å². The Bertz CT molecular complexity index is 312. The second-order valence-electron chi connectivity index (χ2n) is 3.66. The molecule has 1 aliphatic rings. The van der Waals surface area contributed by atoms with Crippen LogP contribution < -0.4 is 5.32 Å². The van der Waals surface area contributed by atoms with Crippen LogP contribution in [-0.2, 0) is 10.7 Å². The lowest BCUT2D eigenvalue weighted by atomic mass is 10.1. The molecule has 0 radical (unpaired) electrons. The fourth-order valence-electron chi connectivity index (χ4n) is 1.37. The summed E-state index contributed by atoms with van der Waals surface area (Å²) in [6.45, 7) is 0.805. The molecule has 0 amide bonds. The number of halogens is 2. The molecule has 2 nitrogen and oxygen atoms in total. The van der Waals surface area contributed by atoms with E-state index in [2.05, 4.69) is 5.32 Å². The molecule has 0 aliphatic carbocycles. The minimum Gasteiger partial charge on any atom is -0.369 e. The summed E-state index contributed by atoms with van der Waals surface area (Å²) in [5, 5.41) is 2.97. The van der Waals surface area contributed by atoms with Crippen LogP contribution in [0.15, 0.2) is 30.3 Å². The first-order chi connectivity index (χ1) is 7.18. The standard InChI is InChI=1S/C11H13F2NO/c12-11(13,8-15-10-6-14-7-10)9-4-2-1-3-5-9/h1-5,10,14H,6-8H2. The summed E-state index contributed by atoms with van der Waals surface area (Å²) in [7, 11) is 0. The third-order valence-electron chi connectivity index (χ3n) is 2.44. The van der Waals surface area contributed by atoms with E-state index in [0.29, 0.717) is 13.1 Å². The Morgan fingerprint density at radius 2 is 1.93 bits per heavy atom. The van der Waals surface area contributed by atoms with Crippen LogP contribution in [0.1, 0.15) is 5.56 Å². The van der Waals surface area contributed by atoms with Crippen molar-refractivity contribution in [3.63, 3.8) is 0 Å². The van der Waals surface area contributed by atoms with Gasteiger partial charge in [0.05, 0.1) is 6.10 Å². The molecule has 0 unspecified atom stereocenters. The highest BCUT2D eigenvalue weighted by Crippen LogP contribution is 2.28. The van der Waals surface area contributed by atoms with Gasteiger partial charge in [-0.15, -0.1) is 0 Å². The van der Waals surface area contributed by atoms with Crippen molar-refractivity contribution in [2.24, 2.45) is 0 Å². The highest BCUT2D eigenvalue weighted by molar-refractivity contribution is 5.19. The number of benzene rings is 1. The maximum absolute atomic E-state index is 13.5. The number of hydrogen-bond donors (Lipinski definition) is 1. The first kappa shape index (κ1) is 10.5. The van der Waals surface area contributed by atoms with Gasteiger partial charge in [0.15, 0.2) is 0 Å². The van der Waals surface area contributed by atoms with E-state index in [0.717, 1.165) is 0 Å². The van der Waals surface area contributed by atoms with E-state index in [1.165, 1.54) is 12.1 Å². The minimum absolute atomic E-state index is 0.0114. The highest BCUT2D eigenvalue weighted by Gasteiger charge is 2.33. The first-order valence-electron chi connectivity index (χ1n) is 4.94. The molecule has 15 heavy (non-hydrogen) atoms. The normalized spacial score (nSPS) is 17.5. The molecule has 1 aliphatic heterocycles. The van der Waals surface area contributed by atoms with E-state index in [1.54, 1.807) is 18.2 Å². The Morgan fingerprint density at radius 1 is 1.27 bits per heavy atom. The van der Waals surface area contributed by atoms with E-state index in [-0.39, 0.29) is 11.7 Å². The smallest absolute Gasteiger partial charge is 0.296 e. The monoisotopic (exact) mass is 213 g/mol. The van der Waals surface area contributed by atoms with Gasteiger partial charge >= 0.3 is 0 Å². The molecule has 1 fully saturated rings. The lowest BCUT2D eigenvalue weighted by Crippen LogP contribution is -2.49. The maximum Gasteiger partial charge on any atom is 0.296 e. The van der Waals surface area contributed by atoms with Crippen LogP contribution in [-0.4, -0.2) is 25.8 Å². The number of alkyl halides is 2. The summed E-state index contributed by atoms with van der Waals surface area (Å²) in [6.07, 6.45) is -0.0559. The first-order valence-corrected chi connectivity index (χ1v) is 4.94. The Hall–Kier alpha value is -1.00. The fraction of sp³-hybridized carbons (Fsp3) is 0.455. The van der Waals surface area contributed by atoms with E-state index >= 15 is 0 Å². The van der Waals surface area contributed by atoms with Crippen LogP contribution in [0.3, 0.4) is 0 Å².